The van der Waals surface area contributed by atoms with E-state index in [-0.39, 0.29) is 48.0 Å². The molecule has 0 rings (SSSR count). The maximum atomic E-state index is 2.29. The van der Waals surface area contributed by atoms with Crippen LogP contribution in [0.25, 0.3) is 0 Å². The van der Waals surface area contributed by atoms with Gasteiger partial charge in [0.1, 0.15) is 0 Å². The van der Waals surface area contributed by atoms with Crippen molar-refractivity contribution in [2.75, 3.05) is 0 Å². The molecule has 0 unspecified atom stereocenters. The van der Waals surface area contributed by atoms with Gasteiger partial charge in [-0.2, -0.15) is 0 Å². The minimum Gasteiger partial charge on any atom is -1.00 e. The van der Waals surface area contributed by atoms with Crippen molar-refractivity contribution in [1.82, 2.24) is 0 Å². The fourth-order valence-corrected chi connectivity index (χ4v) is 2.62. The summed E-state index contributed by atoms with van der Waals surface area (Å²) in [6.07, 6.45) is 23.4. The van der Waals surface area contributed by atoms with Crippen LogP contribution in [0.3, 0.4) is 0 Å². The van der Waals surface area contributed by atoms with Gasteiger partial charge in [0.05, 0.1) is 0 Å². The monoisotopic (exact) mass is 358 g/mol. The van der Waals surface area contributed by atoms with E-state index in [0.29, 0.717) is 0 Å². The van der Waals surface area contributed by atoms with Gasteiger partial charge in [0.25, 0.3) is 0 Å². The number of hydrogen-bond donors (Lipinski definition) is 0. The molecule has 0 aromatic heterocycles. The molecule has 0 amide bonds. The van der Waals surface area contributed by atoms with Crippen LogP contribution < -0.4 is 29.6 Å². The Morgan fingerprint density at radius 2 is 0.550 bits per heavy atom. The molecule has 0 fully saturated rings. The smallest absolute Gasteiger partial charge is 1.00 e. The molecule has 0 aromatic carbocycles. The second kappa shape index (κ2) is 25.4. The third kappa shape index (κ3) is 24.5. The van der Waals surface area contributed by atoms with E-state index in [1.165, 1.54) is 103 Å². The van der Waals surface area contributed by atoms with Crippen LogP contribution in [0.5, 0.6) is 0 Å². The van der Waals surface area contributed by atoms with Gasteiger partial charge in [-0.05, 0) is 0 Å². The summed E-state index contributed by atoms with van der Waals surface area (Å²) in [5, 5.41) is 0. The zero-order valence-corrected chi connectivity index (χ0v) is 18.4. The third-order valence-electron chi connectivity index (χ3n) is 3.96. The summed E-state index contributed by atoms with van der Waals surface area (Å²) in [7, 11) is 0. The van der Waals surface area contributed by atoms with Crippen molar-refractivity contribution in [3.05, 3.63) is 0 Å². The number of unbranched alkanes of at least 4 members (excludes halogenated alkanes) is 15. The first-order valence-electron chi connectivity index (χ1n) is 8.91. The Labute approximate surface area is 163 Å². The first kappa shape index (κ1) is 26.4. The zero-order chi connectivity index (χ0) is 13.3. The molecule has 0 N–H and O–H groups in total. The van der Waals surface area contributed by atoms with Crippen molar-refractivity contribution in [1.29, 1.82) is 0 Å². The van der Waals surface area contributed by atoms with Crippen LogP contribution in [0.4, 0.5) is 0 Å². The Hall–Kier alpha value is 1.48. The minimum absolute atomic E-state index is 0. The molecule has 0 aromatic rings. The summed E-state index contributed by atoms with van der Waals surface area (Å²) in [5.74, 6) is 0. The third-order valence-corrected chi connectivity index (χ3v) is 3.96. The molecule has 0 heterocycles. The summed E-state index contributed by atoms with van der Waals surface area (Å²) < 4.78 is 0. The molecule has 0 spiro atoms. The van der Waals surface area contributed by atoms with Crippen molar-refractivity contribution < 1.29 is 31.0 Å². The van der Waals surface area contributed by atoms with Gasteiger partial charge >= 0.3 is 29.6 Å². The van der Waals surface area contributed by atoms with E-state index in [9.17, 15) is 0 Å². The molecule has 120 valence electrons. The summed E-state index contributed by atoms with van der Waals surface area (Å²) >= 11 is 0. The van der Waals surface area contributed by atoms with Crippen molar-refractivity contribution >= 4 is 17.0 Å². The summed E-state index contributed by atoms with van der Waals surface area (Å²) in [6, 6.07) is 0. The fourth-order valence-electron chi connectivity index (χ4n) is 2.62. The Balaban J connectivity index is -0.000000482. The van der Waals surface area contributed by atoms with E-state index in [1.807, 2.05) is 0 Å². The SMILES string of the molecule is Br.CCCCCCCCCCCCCCCCCC.[H-].[Na+]. The van der Waals surface area contributed by atoms with Crippen LogP contribution in [0.1, 0.15) is 118 Å². The first-order valence-corrected chi connectivity index (χ1v) is 8.91. The van der Waals surface area contributed by atoms with Crippen LogP contribution >= 0.6 is 17.0 Å². The maximum absolute atomic E-state index is 2.29. The van der Waals surface area contributed by atoms with Gasteiger partial charge in [0.2, 0.25) is 0 Å². The summed E-state index contributed by atoms with van der Waals surface area (Å²) in [6.45, 7) is 4.59. The van der Waals surface area contributed by atoms with Gasteiger partial charge in [-0.1, -0.05) is 117 Å². The largest absolute Gasteiger partial charge is 1.00 e. The molecule has 0 bridgehead atoms. The molecule has 0 aliphatic rings. The Morgan fingerprint density at radius 3 is 0.700 bits per heavy atom. The predicted octanol–water partition coefficient (Wildman–Crippen LogP) is 4.96. The van der Waals surface area contributed by atoms with Gasteiger partial charge < -0.3 is 1.43 Å². The van der Waals surface area contributed by atoms with Crippen molar-refractivity contribution in [2.45, 2.75) is 117 Å². The molecule has 0 radical (unpaired) electrons. The van der Waals surface area contributed by atoms with Crippen molar-refractivity contribution in [2.24, 2.45) is 0 Å². The quantitative estimate of drug-likeness (QED) is 0.286. The summed E-state index contributed by atoms with van der Waals surface area (Å²) in [5.41, 5.74) is 0. The van der Waals surface area contributed by atoms with E-state index in [2.05, 4.69) is 13.8 Å². The Kier molecular flexibility index (Phi) is 33.5. The Bertz CT molecular complexity index is 129. The van der Waals surface area contributed by atoms with Gasteiger partial charge in [0, 0.05) is 0 Å². The molecule has 0 aliphatic heterocycles. The second-order valence-electron chi connectivity index (χ2n) is 5.95. The number of hydrogen-bond acceptors (Lipinski definition) is 0. The fraction of sp³-hybridized carbons (Fsp3) is 1.00. The van der Waals surface area contributed by atoms with E-state index in [1.54, 1.807) is 0 Å². The van der Waals surface area contributed by atoms with E-state index >= 15 is 0 Å². The van der Waals surface area contributed by atoms with Crippen LogP contribution in [-0.4, -0.2) is 0 Å². The number of rotatable bonds is 15. The molecule has 20 heavy (non-hydrogen) atoms. The molecule has 0 saturated carbocycles. The zero-order valence-electron chi connectivity index (χ0n) is 15.7. The molecule has 0 aliphatic carbocycles. The van der Waals surface area contributed by atoms with Crippen LogP contribution in [0.2, 0.25) is 0 Å². The van der Waals surface area contributed by atoms with Crippen LogP contribution in [0, 0.1) is 0 Å². The minimum atomic E-state index is 0. The average molecular weight is 359 g/mol. The topological polar surface area (TPSA) is 0 Å². The molecular formula is C18H40BrNa. The van der Waals surface area contributed by atoms with E-state index < -0.39 is 0 Å². The standard InChI is InChI=1S/C18H38.BrH.Na.H/c1-3-5-7-9-11-13-15-17-18-16-14-12-10-8-6-4-2;;;/h3-18H2,1-2H3;1H;;/q;;+1;-1. The number of halogens is 1. The van der Waals surface area contributed by atoms with Gasteiger partial charge in [0.15, 0.2) is 0 Å². The van der Waals surface area contributed by atoms with Crippen LogP contribution in [-0.2, 0) is 0 Å². The Morgan fingerprint density at radius 1 is 0.400 bits per heavy atom. The van der Waals surface area contributed by atoms with Gasteiger partial charge in [-0.15, -0.1) is 17.0 Å². The molecule has 0 nitrogen and oxygen atoms in total. The molecule has 0 atom stereocenters. The molecule has 0 saturated heterocycles. The van der Waals surface area contributed by atoms with Gasteiger partial charge in [-0.3, -0.25) is 0 Å². The predicted molar refractivity (Wildman–Crippen MR) is 96.7 cm³/mol. The summed E-state index contributed by atoms with van der Waals surface area (Å²) in [4.78, 5) is 0. The molecular weight excluding hydrogens is 319 g/mol. The van der Waals surface area contributed by atoms with Crippen molar-refractivity contribution in [3.8, 4) is 0 Å². The molecule has 2 heteroatoms. The maximum Gasteiger partial charge on any atom is 1.00 e. The van der Waals surface area contributed by atoms with E-state index in [0.717, 1.165) is 0 Å². The van der Waals surface area contributed by atoms with E-state index in [4.69, 9.17) is 0 Å². The normalized spacial score (nSPS) is 9.90. The van der Waals surface area contributed by atoms with Crippen LogP contribution in [0.15, 0.2) is 0 Å². The van der Waals surface area contributed by atoms with Crippen molar-refractivity contribution in [3.63, 3.8) is 0 Å². The first-order chi connectivity index (χ1) is 8.91. The average Bonchev–Trinajstić information content (AvgIpc) is 2.39. The van der Waals surface area contributed by atoms with Gasteiger partial charge in [-0.25, -0.2) is 0 Å². The second-order valence-corrected chi connectivity index (χ2v) is 5.95.